The van der Waals surface area contributed by atoms with Gasteiger partial charge < -0.3 is 19.3 Å². The number of carbonyl (C=O) groups excluding carboxylic acids is 2. The Morgan fingerprint density at radius 2 is 1.79 bits per heavy atom. The second-order valence-corrected chi connectivity index (χ2v) is 9.43. The van der Waals surface area contributed by atoms with E-state index in [9.17, 15) is 14.9 Å². The Bertz CT molecular complexity index is 694. The number of hydrogen-bond acceptors (Lipinski definition) is 7. The summed E-state index contributed by atoms with van der Waals surface area (Å²) in [6.45, 7) is 3.24. The molecule has 1 N–H and O–H groups in total. The van der Waals surface area contributed by atoms with Crippen LogP contribution in [0.25, 0.3) is 0 Å². The number of rotatable bonds is 8. The third-order valence-corrected chi connectivity index (χ3v) is 6.33. The van der Waals surface area contributed by atoms with Gasteiger partial charge in [-0.25, -0.2) is 9.79 Å². The molecule has 34 heavy (non-hydrogen) atoms. The second-order valence-electron chi connectivity index (χ2n) is 9.43. The van der Waals surface area contributed by atoms with Crippen LogP contribution in [-0.4, -0.2) is 99.3 Å². The fourth-order valence-electron chi connectivity index (χ4n) is 4.36. The van der Waals surface area contributed by atoms with E-state index in [1.807, 2.05) is 30.1 Å². The molecule has 1 atom stereocenters. The van der Waals surface area contributed by atoms with Crippen molar-refractivity contribution in [2.75, 3.05) is 60.6 Å². The van der Waals surface area contributed by atoms with Gasteiger partial charge >= 0.3 is 6.09 Å². The molecule has 0 bridgehead atoms. The van der Waals surface area contributed by atoms with Gasteiger partial charge in [-0.15, -0.1) is 0 Å². The van der Waals surface area contributed by atoms with E-state index in [2.05, 4.69) is 5.32 Å². The van der Waals surface area contributed by atoms with Crippen LogP contribution in [0.4, 0.5) is 4.79 Å². The van der Waals surface area contributed by atoms with E-state index >= 15 is 0 Å². The molecule has 1 aliphatic carbocycles. The van der Waals surface area contributed by atoms with E-state index in [1.165, 1.54) is 26.3 Å². The summed E-state index contributed by atoms with van der Waals surface area (Å²) >= 11 is 0. The van der Waals surface area contributed by atoms with Crippen molar-refractivity contribution in [3.63, 3.8) is 0 Å². The molecule has 10 nitrogen and oxygen atoms in total. The van der Waals surface area contributed by atoms with E-state index in [-0.39, 0.29) is 5.91 Å². The van der Waals surface area contributed by atoms with Gasteiger partial charge in [0.15, 0.2) is 6.19 Å². The summed E-state index contributed by atoms with van der Waals surface area (Å²) in [6.07, 6.45) is 10.7. The van der Waals surface area contributed by atoms with Gasteiger partial charge in [-0.3, -0.25) is 15.0 Å². The summed E-state index contributed by atoms with van der Waals surface area (Å²) in [7, 11) is 5.40. The Morgan fingerprint density at radius 3 is 2.41 bits per heavy atom. The van der Waals surface area contributed by atoms with Crippen molar-refractivity contribution >= 4 is 18.0 Å². The number of alkyl carbamates (subject to hydrolysis) is 1. The smallest absolute Gasteiger partial charge is 0.413 e. The number of nitriles is 1. The van der Waals surface area contributed by atoms with Crippen LogP contribution in [0.3, 0.4) is 0 Å². The normalized spacial score (nSPS) is 19.0. The van der Waals surface area contributed by atoms with Gasteiger partial charge in [-0.05, 0) is 32.9 Å². The van der Waals surface area contributed by atoms with Crippen LogP contribution in [0.5, 0.6) is 0 Å². The Hall–Kier alpha value is -2.38. The highest BCUT2D eigenvalue weighted by molar-refractivity contribution is 5.96. The molecule has 2 amide bonds. The first-order valence-corrected chi connectivity index (χ1v) is 12.6. The van der Waals surface area contributed by atoms with Gasteiger partial charge in [0.1, 0.15) is 6.04 Å². The fourth-order valence-corrected chi connectivity index (χ4v) is 4.36. The molecule has 1 aliphatic heterocycles. The molecular weight excluding hydrogens is 436 g/mol. The number of nitrogens with zero attached hydrogens (tertiary/aromatic N) is 5. The van der Waals surface area contributed by atoms with E-state index in [0.717, 1.165) is 43.5 Å². The molecule has 192 valence electrons. The minimum Gasteiger partial charge on any atom is -0.449 e. The Balaban J connectivity index is 2.17. The van der Waals surface area contributed by atoms with Gasteiger partial charge in [0.2, 0.25) is 5.96 Å². The van der Waals surface area contributed by atoms with Crippen molar-refractivity contribution in [3.8, 4) is 6.19 Å². The van der Waals surface area contributed by atoms with Gasteiger partial charge in [-0.1, -0.05) is 44.9 Å². The minimum absolute atomic E-state index is 0.294. The summed E-state index contributed by atoms with van der Waals surface area (Å²) in [5.41, 5.74) is 0. The highest BCUT2D eigenvalue weighted by atomic mass is 16.5. The van der Waals surface area contributed by atoms with Gasteiger partial charge in [0, 0.05) is 26.7 Å². The first kappa shape index (κ1) is 27.9. The lowest BCUT2D eigenvalue weighted by molar-refractivity contribution is -0.128. The molecular formula is C24H42N6O4. The Kier molecular flexibility index (Phi) is 12.7. The van der Waals surface area contributed by atoms with Crippen LogP contribution in [0.1, 0.15) is 57.8 Å². The molecule has 2 aliphatic rings. The number of amides is 2. The number of ether oxygens (including phenoxy) is 2. The van der Waals surface area contributed by atoms with Crippen molar-refractivity contribution in [1.82, 2.24) is 20.0 Å². The molecule has 1 heterocycles. The summed E-state index contributed by atoms with van der Waals surface area (Å²) in [5, 5.41) is 12.1. The first-order valence-electron chi connectivity index (χ1n) is 12.6. The summed E-state index contributed by atoms with van der Waals surface area (Å²) in [6, 6.07) is -0.735. The van der Waals surface area contributed by atoms with Crippen molar-refractivity contribution in [2.45, 2.75) is 63.8 Å². The predicted molar refractivity (Wildman–Crippen MR) is 130 cm³/mol. The maximum Gasteiger partial charge on any atom is 0.413 e. The number of guanidine groups is 1. The van der Waals surface area contributed by atoms with Gasteiger partial charge in [-0.2, -0.15) is 5.26 Å². The molecule has 0 aromatic carbocycles. The van der Waals surface area contributed by atoms with Crippen LogP contribution in [0.15, 0.2) is 4.99 Å². The lowest BCUT2D eigenvalue weighted by Crippen LogP contribution is -2.50. The number of carbonyl (C=O) groups is 2. The zero-order valence-corrected chi connectivity index (χ0v) is 21.1. The van der Waals surface area contributed by atoms with Crippen molar-refractivity contribution in [3.05, 3.63) is 0 Å². The summed E-state index contributed by atoms with van der Waals surface area (Å²) < 4.78 is 10.8. The zero-order chi connectivity index (χ0) is 24.8. The number of morpholine rings is 1. The molecule has 0 spiro atoms. The first-order chi connectivity index (χ1) is 16.4. The number of likely N-dealkylation sites (N-methyl/N-ethyl adjacent to an activating group) is 1. The molecule has 1 unspecified atom stereocenters. The average Bonchev–Trinajstić information content (AvgIpc) is 2.81. The number of hydrogen-bond donors (Lipinski definition) is 1. The van der Waals surface area contributed by atoms with Gasteiger partial charge in [0.25, 0.3) is 5.91 Å². The van der Waals surface area contributed by atoms with Crippen LogP contribution in [0.2, 0.25) is 0 Å². The topological polar surface area (TPSA) is 110 Å². The SMILES string of the molecule is CN(C)CCCOC(=O)NC(=NC(CC1CCCCCCC1)C(=O)N(C)C#N)N1CCOCC1. The average molecular weight is 479 g/mol. The lowest BCUT2D eigenvalue weighted by atomic mass is 9.86. The maximum absolute atomic E-state index is 13.1. The largest absolute Gasteiger partial charge is 0.449 e. The molecule has 2 rings (SSSR count). The summed E-state index contributed by atoms with van der Waals surface area (Å²) in [5.74, 6) is 0.335. The zero-order valence-electron chi connectivity index (χ0n) is 21.1. The Morgan fingerprint density at radius 1 is 1.15 bits per heavy atom. The molecule has 1 saturated heterocycles. The fraction of sp³-hybridized carbons (Fsp3) is 0.833. The van der Waals surface area contributed by atoms with E-state index in [0.29, 0.717) is 51.2 Å². The number of nitrogens with one attached hydrogen (secondary N) is 1. The predicted octanol–water partition coefficient (Wildman–Crippen LogP) is 2.41. The highest BCUT2D eigenvalue weighted by Gasteiger charge is 2.28. The third-order valence-electron chi connectivity index (χ3n) is 6.33. The van der Waals surface area contributed by atoms with Crippen LogP contribution in [-0.2, 0) is 14.3 Å². The molecule has 0 aromatic heterocycles. The van der Waals surface area contributed by atoms with Crippen molar-refractivity contribution in [1.29, 1.82) is 5.26 Å². The summed E-state index contributed by atoms with van der Waals surface area (Å²) in [4.78, 5) is 35.3. The lowest BCUT2D eigenvalue weighted by Gasteiger charge is -2.31. The maximum atomic E-state index is 13.1. The number of aliphatic imine (C=N–C) groups is 1. The van der Waals surface area contributed by atoms with Crippen LogP contribution >= 0.6 is 0 Å². The molecule has 0 aromatic rings. The van der Waals surface area contributed by atoms with E-state index in [4.69, 9.17) is 14.5 Å². The van der Waals surface area contributed by atoms with Crippen LogP contribution < -0.4 is 5.32 Å². The van der Waals surface area contributed by atoms with E-state index < -0.39 is 12.1 Å². The standard InChI is InChI=1S/C24H42N6O4/c1-28(2)12-9-15-34-24(32)27-23(30-13-16-33-17-14-30)26-21(22(31)29(3)19-25)18-20-10-7-5-4-6-8-11-20/h20-21H,4-18H2,1-3H3,(H,26,27,32). The quantitative estimate of drug-likeness (QED) is 0.187. The highest BCUT2D eigenvalue weighted by Crippen LogP contribution is 2.27. The minimum atomic E-state index is -0.735. The van der Waals surface area contributed by atoms with Crippen molar-refractivity contribution in [2.24, 2.45) is 10.9 Å². The molecule has 1 saturated carbocycles. The third kappa shape index (κ3) is 10.3. The molecule has 0 radical (unpaired) electrons. The van der Waals surface area contributed by atoms with Crippen molar-refractivity contribution < 1.29 is 19.1 Å². The van der Waals surface area contributed by atoms with E-state index in [1.54, 1.807) is 0 Å². The molecule has 10 heteroatoms. The second kappa shape index (κ2) is 15.5. The monoisotopic (exact) mass is 478 g/mol. The molecule has 2 fully saturated rings. The van der Waals surface area contributed by atoms with Crippen LogP contribution in [0, 0.1) is 17.4 Å². The Labute approximate surface area is 204 Å². The van der Waals surface area contributed by atoms with Gasteiger partial charge in [0.05, 0.1) is 19.8 Å².